The summed E-state index contributed by atoms with van der Waals surface area (Å²) in [4.78, 5) is 115. The van der Waals surface area contributed by atoms with Crippen LogP contribution in [0.3, 0.4) is 0 Å². The molecular weight excluding hydrogens is 1920 g/mol. The van der Waals surface area contributed by atoms with Gasteiger partial charge in [0, 0.05) is 140 Å². The lowest BCUT2D eigenvalue weighted by Gasteiger charge is -2.43. The standard InChI is InChI=1S/3C22H25NOS.3C21H23NOS/c3*1-4-22(17-8-6-5-7-9-17)20-16(11-18-21(22)25-13-23-18)10-15(14(2)3)12-19(20)24;3*1-3-14-10-15-12-17-20(24-13-22-17)21(4-2,19(15)18(23)11-14)16-8-6-5-7-9-16/h3*5-9,13-15H,4,10-12H2,1-3H3;3*5-9,13-14H,3-4,10-12H2,1-2H3/t15-,22+;15-,22-;;14-,21+;14-,21-;/m01.01./s1. The zero-order valence-electron chi connectivity index (χ0n) is 88.7. The molecule has 4 unspecified atom stereocenters. The Labute approximate surface area is 895 Å². The largest absolute Gasteiger partial charge is 0.294 e. The Hall–Kier alpha value is -10.4. The average molecular weight is 2070 g/mol. The molecule has 0 bridgehead atoms. The number of allylic oxidation sites excluding steroid dienone is 12. The molecule has 12 aromatic rings. The predicted octanol–water partition coefficient (Wildman–Crippen LogP) is 31.2. The molecule has 0 N–H and O–H groups in total. The number of nitrogens with zero attached hydrogens (tertiary/aromatic N) is 6. The number of rotatable bonds is 18. The smallest absolute Gasteiger partial charge is 0.160 e. The fraction of sp³-hybridized carbons (Fsp3) is 0.442. The lowest BCUT2D eigenvalue weighted by molar-refractivity contribution is -0.118. The molecule has 147 heavy (non-hydrogen) atoms. The van der Waals surface area contributed by atoms with Gasteiger partial charge in [-0.25, -0.2) is 29.9 Å². The zero-order valence-corrected chi connectivity index (χ0v) is 93.6. The van der Waals surface area contributed by atoms with Crippen LogP contribution < -0.4 is 0 Å². The summed E-state index contributed by atoms with van der Waals surface area (Å²) in [7, 11) is 0. The second-order valence-electron chi connectivity index (χ2n) is 44.3. The first kappa shape index (κ1) is 105. The van der Waals surface area contributed by atoms with Crippen molar-refractivity contribution in [1.29, 1.82) is 0 Å². The van der Waals surface area contributed by atoms with Gasteiger partial charge in [-0.15, -0.1) is 68.0 Å². The number of benzene rings is 6. The van der Waals surface area contributed by atoms with E-state index in [1.165, 1.54) is 130 Å². The molecule has 0 aliphatic heterocycles. The van der Waals surface area contributed by atoms with E-state index in [9.17, 15) is 28.8 Å². The normalized spacial score (nSPS) is 26.1. The fourth-order valence-electron chi connectivity index (χ4n) is 28.4. The molecule has 24 rings (SSSR count). The maximum Gasteiger partial charge on any atom is 0.160 e. The predicted molar refractivity (Wildman–Crippen MR) is 604 cm³/mol. The SMILES string of the molecule is CCC1(c2ccccc2)C2=C(Cc3ncsc31)CC(C(C)C)CC2=O.CCC1CC(=O)C2=C(Cc3ncsc3C2(CC)c2ccccc2)C1.CC[C@@H]1CC(=O)C2=C(Cc3ncsc3[C@]2(CC)c2ccccc2)C1.CC[C@@]1(c2ccccc2)C2=C(Cc3ncsc31)C[C@@H](C(C)C)CC2=O.CC[C@@]1(c2ccccc2)C2=C(Cc3ncsc31)C[C@H](C(C)C)CC2=O.CC[C@H]1CC(=O)C2=C(Cc3ncsc3[C@]2(CC)c2ccccc2)C1. The molecular formula is C129H144N6O6S6. The van der Waals surface area contributed by atoms with Crippen LogP contribution in [0.25, 0.3) is 0 Å². The summed E-state index contributed by atoms with van der Waals surface area (Å²) >= 11 is 10.3. The first-order valence-electron chi connectivity index (χ1n) is 54.8. The number of aromatic nitrogens is 6. The summed E-state index contributed by atoms with van der Waals surface area (Å²) in [6.45, 7) is 33.3. The highest BCUT2D eigenvalue weighted by atomic mass is 32.1. The van der Waals surface area contributed by atoms with Gasteiger partial charge in [0.05, 0.1) is 99.7 Å². The van der Waals surface area contributed by atoms with Crippen LogP contribution in [0, 0.1) is 53.3 Å². The summed E-state index contributed by atoms with van der Waals surface area (Å²) < 4.78 is 0. The van der Waals surface area contributed by atoms with Gasteiger partial charge < -0.3 is 0 Å². The number of Topliss-reactive ketones (excluding diaryl/α,β-unsaturated/α-hetero) is 6. The molecule has 0 saturated heterocycles. The summed E-state index contributed by atoms with van der Waals surface area (Å²) in [6.07, 6.45) is 24.4. The van der Waals surface area contributed by atoms with E-state index in [0.29, 0.717) is 126 Å². The Morgan fingerprint density at radius 2 is 0.381 bits per heavy atom. The number of hydrogen-bond acceptors (Lipinski definition) is 18. The molecule has 6 heterocycles. The molecule has 762 valence electrons. The monoisotopic (exact) mass is 2060 g/mol. The van der Waals surface area contributed by atoms with E-state index in [0.717, 1.165) is 168 Å². The fourth-order valence-corrected chi connectivity index (χ4v) is 35.1. The maximum absolute atomic E-state index is 13.3. The molecule has 0 saturated carbocycles. The van der Waals surface area contributed by atoms with E-state index < -0.39 is 0 Å². The van der Waals surface area contributed by atoms with Crippen LogP contribution in [0.15, 0.2) is 282 Å². The third-order valence-electron chi connectivity index (χ3n) is 36.1. The van der Waals surface area contributed by atoms with Crippen molar-refractivity contribution in [2.75, 3.05) is 0 Å². The van der Waals surface area contributed by atoms with Crippen LogP contribution >= 0.6 is 68.0 Å². The minimum absolute atomic E-state index is 0.291. The van der Waals surface area contributed by atoms with Gasteiger partial charge in [0.15, 0.2) is 34.7 Å². The van der Waals surface area contributed by atoms with E-state index in [1.807, 2.05) is 51.3 Å². The number of hydrogen-bond donors (Lipinski definition) is 0. The van der Waals surface area contributed by atoms with Crippen LogP contribution in [0.2, 0.25) is 0 Å². The van der Waals surface area contributed by atoms with Crippen LogP contribution in [0.4, 0.5) is 0 Å². The van der Waals surface area contributed by atoms with E-state index in [2.05, 4.69) is 298 Å². The highest BCUT2D eigenvalue weighted by Crippen LogP contribution is 2.62. The van der Waals surface area contributed by atoms with Gasteiger partial charge >= 0.3 is 0 Å². The van der Waals surface area contributed by atoms with Gasteiger partial charge in [-0.05, 0) is 164 Å². The second kappa shape index (κ2) is 44.2. The van der Waals surface area contributed by atoms with Crippen molar-refractivity contribution in [1.82, 2.24) is 29.9 Å². The van der Waals surface area contributed by atoms with Crippen LogP contribution in [0.1, 0.15) is 336 Å². The highest BCUT2D eigenvalue weighted by Gasteiger charge is 2.57. The Morgan fingerprint density at radius 3 is 0.531 bits per heavy atom. The number of carbonyl (C=O) groups is 6. The third kappa shape index (κ3) is 18.5. The Balaban J connectivity index is 0.000000111. The summed E-state index contributed by atoms with van der Waals surface area (Å²) in [6, 6.07) is 63.6. The van der Waals surface area contributed by atoms with Crippen LogP contribution in [-0.4, -0.2) is 64.6 Å². The molecule has 0 fully saturated rings. The summed E-state index contributed by atoms with van der Waals surface area (Å²) in [5.41, 5.74) is 39.2. The van der Waals surface area contributed by atoms with Gasteiger partial charge in [-0.1, -0.05) is 339 Å². The van der Waals surface area contributed by atoms with E-state index in [1.54, 1.807) is 68.0 Å². The number of carbonyl (C=O) groups excluding carboxylic acids is 6. The highest BCUT2D eigenvalue weighted by molar-refractivity contribution is 7.11. The molecule has 12 aliphatic carbocycles. The van der Waals surface area contributed by atoms with Crippen molar-refractivity contribution in [2.45, 2.75) is 310 Å². The Bertz CT molecular complexity index is 6410. The molecule has 6 aromatic carbocycles. The molecule has 0 spiro atoms. The molecule has 6 aromatic heterocycles. The van der Waals surface area contributed by atoms with E-state index in [-0.39, 0.29) is 32.5 Å². The van der Waals surface area contributed by atoms with Crippen molar-refractivity contribution in [3.05, 3.63) is 379 Å². The third-order valence-corrected chi connectivity index (χ3v) is 42.2. The van der Waals surface area contributed by atoms with Crippen LogP contribution in [-0.2, 0) is 99.8 Å². The minimum Gasteiger partial charge on any atom is -0.294 e. The van der Waals surface area contributed by atoms with Crippen molar-refractivity contribution < 1.29 is 28.8 Å². The van der Waals surface area contributed by atoms with Gasteiger partial charge in [0.25, 0.3) is 0 Å². The van der Waals surface area contributed by atoms with Crippen molar-refractivity contribution in [3.8, 4) is 0 Å². The number of fused-ring (bicyclic) bond motifs is 6. The molecule has 12 nitrogen and oxygen atoms in total. The maximum atomic E-state index is 13.3. The zero-order chi connectivity index (χ0) is 103. The number of ketones is 6. The van der Waals surface area contributed by atoms with Gasteiger partial charge in [0.2, 0.25) is 0 Å². The Morgan fingerprint density at radius 1 is 0.224 bits per heavy atom. The van der Waals surface area contributed by atoms with Crippen molar-refractivity contribution in [2.24, 2.45) is 53.3 Å². The summed E-state index contributed by atoms with van der Waals surface area (Å²) in [5.74, 6) is 6.75. The van der Waals surface area contributed by atoms with Crippen LogP contribution in [0.5, 0.6) is 0 Å². The van der Waals surface area contributed by atoms with Gasteiger partial charge in [-0.3, -0.25) is 28.8 Å². The van der Waals surface area contributed by atoms with Crippen molar-refractivity contribution in [3.63, 3.8) is 0 Å². The molecule has 12 atom stereocenters. The summed E-state index contributed by atoms with van der Waals surface area (Å²) in [5, 5.41) is 0. The van der Waals surface area contributed by atoms with E-state index in [4.69, 9.17) is 0 Å². The minimum atomic E-state index is -0.301. The lowest BCUT2D eigenvalue weighted by Crippen LogP contribution is -2.41. The molecule has 0 amide bonds. The lowest BCUT2D eigenvalue weighted by atomic mass is 9.60. The van der Waals surface area contributed by atoms with Gasteiger partial charge in [-0.2, -0.15) is 0 Å². The molecule has 18 heteroatoms. The first-order valence-corrected chi connectivity index (χ1v) is 60.1. The first-order chi connectivity index (χ1) is 71.3. The number of thiazole rings is 6. The average Bonchev–Trinajstić information content (AvgIpc) is 1.74. The molecule has 0 radical (unpaired) electrons. The topological polar surface area (TPSA) is 180 Å². The van der Waals surface area contributed by atoms with Gasteiger partial charge in [0.1, 0.15) is 0 Å². The van der Waals surface area contributed by atoms with Crippen molar-refractivity contribution >= 4 is 103 Å². The van der Waals surface area contributed by atoms with E-state index >= 15 is 0 Å². The Kier molecular flexibility index (Phi) is 31.6. The second-order valence-corrected chi connectivity index (χ2v) is 49.4. The quantitative estimate of drug-likeness (QED) is 0.0794. The molecule has 12 aliphatic rings.